The molecule has 0 bridgehead atoms. The number of halogens is 2. The van der Waals surface area contributed by atoms with Gasteiger partial charge in [0.25, 0.3) is 0 Å². The molecule has 0 aliphatic rings. The van der Waals surface area contributed by atoms with E-state index in [1.54, 1.807) is 12.3 Å². The van der Waals surface area contributed by atoms with Crippen LogP contribution in [0.25, 0.3) is 0 Å². The summed E-state index contributed by atoms with van der Waals surface area (Å²) < 4.78 is 13.0. The summed E-state index contributed by atoms with van der Waals surface area (Å²) in [6.07, 6.45) is 1.72. The number of pyridine rings is 1. The Labute approximate surface area is 120 Å². The zero-order valence-corrected chi connectivity index (χ0v) is 11.4. The molecule has 1 heterocycles. The Morgan fingerprint density at radius 2 is 2.16 bits per heavy atom. The summed E-state index contributed by atoms with van der Waals surface area (Å²) in [4.78, 5) is 4.16. The van der Waals surface area contributed by atoms with Crippen molar-refractivity contribution < 1.29 is 4.39 Å². The predicted octanol–water partition coefficient (Wildman–Crippen LogP) is 3.36. The van der Waals surface area contributed by atoms with Crippen LogP contribution >= 0.6 is 23.8 Å². The standard InChI is InChI=1S/C13H11ClFN3S/c14-11-7-9(4-5-12(11)15)18-13(19)17-8-10-3-1-2-6-16-10/h1-7H,8H2,(H2,17,18,19). The van der Waals surface area contributed by atoms with Gasteiger partial charge in [-0.15, -0.1) is 0 Å². The third kappa shape index (κ3) is 4.15. The van der Waals surface area contributed by atoms with Crippen LogP contribution in [0.3, 0.4) is 0 Å². The zero-order chi connectivity index (χ0) is 13.7. The van der Waals surface area contributed by atoms with Gasteiger partial charge < -0.3 is 10.6 Å². The van der Waals surface area contributed by atoms with E-state index in [1.807, 2.05) is 18.2 Å². The van der Waals surface area contributed by atoms with Crippen molar-refractivity contribution in [1.82, 2.24) is 10.3 Å². The summed E-state index contributed by atoms with van der Waals surface area (Å²) in [5.74, 6) is -0.459. The number of thiocarbonyl (C=S) groups is 1. The molecule has 2 rings (SSSR count). The van der Waals surface area contributed by atoms with Crippen molar-refractivity contribution in [2.24, 2.45) is 0 Å². The normalized spacial score (nSPS) is 10.0. The van der Waals surface area contributed by atoms with E-state index in [0.717, 1.165) is 5.69 Å². The van der Waals surface area contributed by atoms with E-state index in [9.17, 15) is 4.39 Å². The number of nitrogens with one attached hydrogen (secondary N) is 2. The number of anilines is 1. The first kappa shape index (κ1) is 13.7. The molecule has 0 amide bonds. The number of benzene rings is 1. The van der Waals surface area contributed by atoms with Crippen LogP contribution in [-0.2, 0) is 6.54 Å². The third-order valence-electron chi connectivity index (χ3n) is 2.33. The lowest BCUT2D eigenvalue weighted by Gasteiger charge is -2.10. The molecule has 0 saturated heterocycles. The van der Waals surface area contributed by atoms with Gasteiger partial charge in [0, 0.05) is 11.9 Å². The van der Waals surface area contributed by atoms with Gasteiger partial charge in [0.1, 0.15) is 5.82 Å². The maximum atomic E-state index is 13.0. The van der Waals surface area contributed by atoms with Crippen molar-refractivity contribution in [2.45, 2.75) is 6.54 Å². The van der Waals surface area contributed by atoms with Gasteiger partial charge in [-0.2, -0.15) is 0 Å². The Morgan fingerprint density at radius 1 is 1.32 bits per heavy atom. The second-order valence-corrected chi connectivity index (χ2v) is 4.57. The second-order valence-electron chi connectivity index (χ2n) is 3.76. The highest BCUT2D eigenvalue weighted by Gasteiger charge is 2.02. The van der Waals surface area contributed by atoms with Gasteiger partial charge in [-0.25, -0.2) is 4.39 Å². The van der Waals surface area contributed by atoms with Crippen LogP contribution < -0.4 is 10.6 Å². The quantitative estimate of drug-likeness (QED) is 0.852. The fourth-order valence-corrected chi connectivity index (χ4v) is 1.79. The first-order chi connectivity index (χ1) is 9.15. The highest BCUT2D eigenvalue weighted by molar-refractivity contribution is 7.80. The monoisotopic (exact) mass is 295 g/mol. The minimum atomic E-state index is -0.459. The van der Waals surface area contributed by atoms with Gasteiger partial charge in [-0.05, 0) is 42.5 Å². The Kier molecular flexibility index (Phi) is 4.65. The van der Waals surface area contributed by atoms with E-state index in [-0.39, 0.29) is 5.02 Å². The van der Waals surface area contributed by atoms with Crippen molar-refractivity contribution >= 4 is 34.6 Å². The Morgan fingerprint density at radius 3 is 2.84 bits per heavy atom. The Bertz CT molecular complexity index is 577. The molecule has 0 aliphatic carbocycles. The lowest BCUT2D eigenvalue weighted by atomic mass is 10.3. The molecule has 0 aliphatic heterocycles. The van der Waals surface area contributed by atoms with Crippen molar-refractivity contribution in [3.63, 3.8) is 0 Å². The molecule has 1 aromatic carbocycles. The lowest BCUT2D eigenvalue weighted by Crippen LogP contribution is -2.28. The zero-order valence-electron chi connectivity index (χ0n) is 9.86. The molecule has 0 fully saturated rings. The molecular weight excluding hydrogens is 285 g/mol. The number of aromatic nitrogens is 1. The molecular formula is C13H11ClFN3S. The molecule has 98 valence electrons. The van der Waals surface area contributed by atoms with Gasteiger partial charge >= 0.3 is 0 Å². The van der Waals surface area contributed by atoms with Crippen LogP contribution in [0.5, 0.6) is 0 Å². The van der Waals surface area contributed by atoms with E-state index in [2.05, 4.69) is 15.6 Å². The fraction of sp³-hybridized carbons (Fsp3) is 0.0769. The number of hydrogen-bond acceptors (Lipinski definition) is 2. The van der Waals surface area contributed by atoms with Crippen molar-refractivity contribution in [3.8, 4) is 0 Å². The van der Waals surface area contributed by atoms with Crippen molar-refractivity contribution in [3.05, 3.63) is 59.1 Å². The maximum Gasteiger partial charge on any atom is 0.171 e. The van der Waals surface area contributed by atoms with Crippen molar-refractivity contribution in [2.75, 3.05) is 5.32 Å². The number of nitrogens with zero attached hydrogens (tertiary/aromatic N) is 1. The SMILES string of the molecule is Fc1ccc(NC(=S)NCc2ccccn2)cc1Cl. The average Bonchev–Trinajstić information content (AvgIpc) is 2.42. The smallest absolute Gasteiger partial charge is 0.171 e. The van der Waals surface area contributed by atoms with E-state index < -0.39 is 5.82 Å². The van der Waals surface area contributed by atoms with Crippen LogP contribution in [0, 0.1) is 5.82 Å². The maximum absolute atomic E-state index is 13.0. The molecule has 0 unspecified atom stereocenters. The van der Waals surface area contributed by atoms with Gasteiger partial charge in [-0.3, -0.25) is 4.98 Å². The third-order valence-corrected chi connectivity index (χ3v) is 2.87. The molecule has 19 heavy (non-hydrogen) atoms. The first-order valence-electron chi connectivity index (χ1n) is 5.55. The molecule has 6 heteroatoms. The van der Waals surface area contributed by atoms with Crippen LogP contribution in [0.1, 0.15) is 5.69 Å². The molecule has 3 nitrogen and oxygen atoms in total. The van der Waals surface area contributed by atoms with Crippen LogP contribution in [-0.4, -0.2) is 10.1 Å². The van der Waals surface area contributed by atoms with E-state index in [1.165, 1.54) is 12.1 Å². The minimum absolute atomic E-state index is 0.0533. The topological polar surface area (TPSA) is 37.0 Å². The molecule has 0 atom stereocenters. The van der Waals surface area contributed by atoms with E-state index in [4.69, 9.17) is 23.8 Å². The highest BCUT2D eigenvalue weighted by atomic mass is 35.5. The Balaban J connectivity index is 1.89. The molecule has 2 N–H and O–H groups in total. The Hall–Kier alpha value is -1.72. The minimum Gasteiger partial charge on any atom is -0.357 e. The summed E-state index contributed by atoms with van der Waals surface area (Å²) in [6.45, 7) is 0.515. The van der Waals surface area contributed by atoms with Gasteiger partial charge in [0.15, 0.2) is 5.11 Å². The summed E-state index contributed by atoms with van der Waals surface area (Å²) in [7, 11) is 0. The van der Waals surface area contributed by atoms with E-state index >= 15 is 0 Å². The van der Waals surface area contributed by atoms with Gasteiger partial charge in [0.2, 0.25) is 0 Å². The first-order valence-corrected chi connectivity index (χ1v) is 6.33. The van der Waals surface area contributed by atoms with Gasteiger partial charge in [0.05, 0.1) is 17.3 Å². The fourth-order valence-electron chi connectivity index (χ4n) is 1.42. The van der Waals surface area contributed by atoms with Crippen molar-refractivity contribution in [1.29, 1.82) is 0 Å². The second kappa shape index (κ2) is 6.45. The largest absolute Gasteiger partial charge is 0.357 e. The number of rotatable bonds is 3. The molecule has 0 radical (unpaired) electrons. The lowest BCUT2D eigenvalue weighted by molar-refractivity contribution is 0.628. The van der Waals surface area contributed by atoms with Crippen LogP contribution in [0.4, 0.5) is 10.1 Å². The predicted molar refractivity (Wildman–Crippen MR) is 78.7 cm³/mol. The summed E-state index contributed by atoms with van der Waals surface area (Å²) in [5.41, 5.74) is 1.51. The molecule has 0 saturated carbocycles. The van der Waals surface area contributed by atoms with Crippen LogP contribution in [0.2, 0.25) is 5.02 Å². The van der Waals surface area contributed by atoms with Crippen LogP contribution in [0.15, 0.2) is 42.6 Å². The highest BCUT2D eigenvalue weighted by Crippen LogP contribution is 2.19. The molecule has 0 spiro atoms. The average molecular weight is 296 g/mol. The summed E-state index contributed by atoms with van der Waals surface area (Å²) >= 11 is 10.8. The number of hydrogen-bond donors (Lipinski definition) is 2. The van der Waals surface area contributed by atoms with Gasteiger partial charge in [-0.1, -0.05) is 17.7 Å². The molecule has 2 aromatic rings. The summed E-state index contributed by atoms with van der Waals surface area (Å²) in [5, 5.41) is 6.40. The molecule has 1 aromatic heterocycles. The van der Waals surface area contributed by atoms with E-state index in [0.29, 0.717) is 17.3 Å². The summed E-state index contributed by atoms with van der Waals surface area (Å²) in [6, 6.07) is 9.97.